The lowest BCUT2D eigenvalue weighted by Crippen LogP contribution is -2.31. The first-order valence-corrected chi connectivity index (χ1v) is 5.34. The van der Waals surface area contributed by atoms with Crippen LogP contribution in [0.3, 0.4) is 0 Å². The summed E-state index contributed by atoms with van der Waals surface area (Å²) in [4.78, 5) is 19.8. The highest BCUT2D eigenvalue weighted by Gasteiger charge is 2.17. The first-order valence-electron chi connectivity index (χ1n) is 4.94. The zero-order valence-corrected chi connectivity index (χ0v) is 10.7. The van der Waals surface area contributed by atoms with Crippen LogP contribution in [0, 0.1) is 12.8 Å². The number of hydrogen-bond acceptors (Lipinski definition) is 5. The molecule has 1 heterocycles. The molecule has 0 bridgehead atoms. The summed E-state index contributed by atoms with van der Waals surface area (Å²) in [5, 5.41) is 2.53. The van der Waals surface area contributed by atoms with E-state index in [1.807, 2.05) is 0 Å². The molecule has 3 N–H and O–H groups in total. The van der Waals surface area contributed by atoms with E-state index < -0.39 is 5.92 Å². The van der Waals surface area contributed by atoms with Crippen molar-refractivity contribution in [3.05, 3.63) is 11.8 Å². The number of nitrogens with two attached hydrogens (primary N) is 1. The molecule has 0 aliphatic heterocycles. The van der Waals surface area contributed by atoms with Crippen LogP contribution in [0.4, 0.5) is 5.95 Å². The third kappa shape index (κ3) is 3.63. The highest BCUT2D eigenvalue weighted by atomic mass is 32.1. The van der Waals surface area contributed by atoms with Gasteiger partial charge in [-0.2, -0.15) is 4.98 Å². The fraction of sp³-hybridized carbons (Fsp3) is 0.400. The van der Waals surface area contributed by atoms with Crippen LogP contribution in [0.2, 0.25) is 0 Å². The van der Waals surface area contributed by atoms with Crippen LogP contribution in [0.1, 0.15) is 12.6 Å². The molecule has 0 spiro atoms. The first-order chi connectivity index (χ1) is 7.93. The molecule has 0 radical (unpaired) electrons. The van der Waals surface area contributed by atoms with Gasteiger partial charge in [-0.15, -0.1) is 0 Å². The predicted octanol–water partition coefficient (Wildman–Crippen LogP) is 0.654. The molecular formula is C10H14N4O2S. The number of hydrogen-bond donors (Lipinski definition) is 2. The normalized spacial score (nSPS) is 11.7. The minimum atomic E-state index is -0.569. The molecule has 0 saturated heterocycles. The van der Waals surface area contributed by atoms with E-state index in [4.69, 9.17) is 22.7 Å². The fourth-order valence-electron chi connectivity index (χ4n) is 1.05. The van der Waals surface area contributed by atoms with Crippen LogP contribution in [0.15, 0.2) is 6.07 Å². The standard InChI is InChI=1S/C10H14N4O2S/c1-5-4-7(16-3)13-10(12-5)14-9(15)6(2)8(11)17/h4,6H,1-3H3,(H2,11,17)(H,12,13,14,15). The average molecular weight is 254 g/mol. The van der Waals surface area contributed by atoms with Crippen molar-refractivity contribution in [3.63, 3.8) is 0 Å². The van der Waals surface area contributed by atoms with Gasteiger partial charge in [-0.05, 0) is 13.8 Å². The van der Waals surface area contributed by atoms with Gasteiger partial charge in [0.1, 0.15) is 0 Å². The number of methoxy groups -OCH3 is 1. The summed E-state index contributed by atoms with van der Waals surface area (Å²) in [5.74, 6) is -0.351. The van der Waals surface area contributed by atoms with Crippen molar-refractivity contribution >= 4 is 29.1 Å². The highest BCUT2D eigenvalue weighted by molar-refractivity contribution is 7.80. The van der Waals surface area contributed by atoms with Crippen molar-refractivity contribution in [2.75, 3.05) is 12.4 Å². The van der Waals surface area contributed by atoms with Gasteiger partial charge in [-0.3, -0.25) is 10.1 Å². The molecule has 0 saturated carbocycles. The van der Waals surface area contributed by atoms with Crippen molar-refractivity contribution in [1.82, 2.24) is 9.97 Å². The number of amides is 1. The van der Waals surface area contributed by atoms with Gasteiger partial charge in [-0.1, -0.05) is 12.2 Å². The minimum Gasteiger partial charge on any atom is -0.481 e. The number of rotatable bonds is 4. The number of nitrogens with zero attached hydrogens (tertiary/aromatic N) is 2. The molecular weight excluding hydrogens is 240 g/mol. The van der Waals surface area contributed by atoms with Crippen LogP contribution in [-0.4, -0.2) is 28.0 Å². The molecule has 1 rings (SSSR count). The summed E-state index contributed by atoms with van der Waals surface area (Å²) in [5.41, 5.74) is 6.07. The lowest BCUT2D eigenvalue weighted by molar-refractivity contribution is -0.117. The number of anilines is 1. The molecule has 92 valence electrons. The van der Waals surface area contributed by atoms with Gasteiger partial charge in [0.2, 0.25) is 17.7 Å². The topological polar surface area (TPSA) is 90.1 Å². The Morgan fingerprint density at radius 3 is 2.76 bits per heavy atom. The van der Waals surface area contributed by atoms with Gasteiger partial charge in [-0.25, -0.2) is 4.98 Å². The second-order valence-corrected chi connectivity index (χ2v) is 3.96. The Morgan fingerprint density at radius 1 is 1.59 bits per heavy atom. The maximum Gasteiger partial charge on any atom is 0.236 e. The number of thiocarbonyl (C=S) groups is 1. The van der Waals surface area contributed by atoms with Gasteiger partial charge >= 0.3 is 0 Å². The second-order valence-electron chi connectivity index (χ2n) is 3.49. The van der Waals surface area contributed by atoms with Crippen LogP contribution in [-0.2, 0) is 4.79 Å². The lowest BCUT2D eigenvalue weighted by atomic mass is 10.2. The Morgan fingerprint density at radius 2 is 2.24 bits per heavy atom. The van der Waals surface area contributed by atoms with Crippen LogP contribution in [0.5, 0.6) is 5.88 Å². The molecule has 1 aromatic rings. The van der Waals surface area contributed by atoms with E-state index in [2.05, 4.69) is 15.3 Å². The molecule has 1 amide bonds. The number of aryl methyl sites for hydroxylation is 1. The molecule has 1 unspecified atom stereocenters. The van der Waals surface area contributed by atoms with Crippen LogP contribution < -0.4 is 15.8 Å². The number of ether oxygens (including phenoxy) is 1. The minimum absolute atomic E-state index is 0.127. The van der Waals surface area contributed by atoms with E-state index in [1.54, 1.807) is 19.9 Å². The van der Waals surface area contributed by atoms with Gasteiger partial charge < -0.3 is 10.5 Å². The van der Waals surface area contributed by atoms with E-state index in [-0.39, 0.29) is 16.8 Å². The lowest BCUT2D eigenvalue weighted by Gasteiger charge is -2.10. The largest absolute Gasteiger partial charge is 0.481 e. The van der Waals surface area contributed by atoms with Crippen LogP contribution in [0.25, 0.3) is 0 Å². The van der Waals surface area contributed by atoms with Crippen molar-refractivity contribution < 1.29 is 9.53 Å². The van der Waals surface area contributed by atoms with Gasteiger partial charge in [0.05, 0.1) is 18.0 Å². The Hall–Kier alpha value is -1.76. The molecule has 0 aromatic carbocycles. The van der Waals surface area contributed by atoms with Crippen molar-refractivity contribution in [3.8, 4) is 5.88 Å². The van der Waals surface area contributed by atoms with E-state index in [1.165, 1.54) is 7.11 Å². The molecule has 1 aromatic heterocycles. The monoisotopic (exact) mass is 254 g/mol. The third-order valence-corrected chi connectivity index (χ3v) is 2.45. The zero-order chi connectivity index (χ0) is 13.0. The van der Waals surface area contributed by atoms with E-state index in [0.717, 1.165) is 0 Å². The second kappa shape index (κ2) is 5.53. The summed E-state index contributed by atoms with van der Waals surface area (Å²) >= 11 is 4.74. The van der Waals surface area contributed by atoms with E-state index >= 15 is 0 Å². The van der Waals surface area contributed by atoms with Crippen LogP contribution >= 0.6 is 12.2 Å². The smallest absolute Gasteiger partial charge is 0.236 e. The Balaban J connectivity index is 2.84. The molecule has 6 nitrogen and oxygen atoms in total. The first kappa shape index (κ1) is 13.3. The summed E-state index contributed by atoms with van der Waals surface area (Å²) in [6, 6.07) is 1.66. The maximum absolute atomic E-state index is 11.7. The Bertz CT molecular complexity index is 450. The summed E-state index contributed by atoms with van der Waals surface area (Å²) < 4.78 is 4.97. The van der Waals surface area contributed by atoms with Gasteiger partial charge in [0, 0.05) is 11.8 Å². The highest BCUT2D eigenvalue weighted by Crippen LogP contribution is 2.12. The average Bonchev–Trinajstić information content (AvgIpc) is 2.26. The Labute approximate surface area is 105 Å². The maximum atomic E-state index is 11.7. The molecule has 0 aliphatic rings. The summed E-state index contributed by atoms with van der Waals surface area (Å²) in [6.45, 7) is 3.39. The summed E-state index contributed by atoms with van der Waals surface area (Å²) in [7, 11) is 1.49. The fourth-order valence-corrected chi connectivity index (χ4v) is 1.15. The third-order valence-electron chi connectivity index (χ3n) is 2.09. The van der Waals surface area contributed by atoms with Crippen molar-refractivity contribution in [2.24, 2.45) is 11.7 Å². The van der Waals surface area contributed by atoms with Gasteiger partial charge in [0.15, 0.2) is 0 Å². The van der Waals surface area contributed by atoms with E-state index in [0.29, 0.717) is 11.6 Å². The molecule has 0 aliphatic carbocycles. The molecule has 7 heteroatoms. The molecule has 17 heavy (non-hydrogen) atoms. The predicted molar refractivity (Wildman–Crippen MR) is 67.9 cm³/mol. The number of aromatic nitrogens is 2. The number of carbonyl (C=O) groups is 1. The van der Waals surface area contributed by atoms with Crippen molar-refractivity contribution in [2.45, 2.75) is 13.8 Å². The zero-order valence-electron chi connectivity index (χ0n) is 9.85. The van der Waals surface area contributed by atoms with Crippen molar-refractivity contribution in [1.29, 1.82) is 0 Å². The quantitative estimate of drug-likeness (QED) is 0.767. The summed E-state index contributed by atoms with van der Waals surface area (Å²) in [6.07, 6.45) is 0. The molecule has 0 fully saturated rings. The number of carbonyl (C=O) groups excluding carboxylic acids is 1. The SMILES string of the molecule is COc1cc(C)nc(NC(=O)C(C)C(N)=S)n1. The Kier molecular flexibility index (Phi) is 4.33. The number of nitrogens with one attached hydrogen (secondary N) is 1. The van der Waals surface area contributed by atoms with E-state index in [9.17, 15) is 4.79 Å². The molecule has 1 atom stereocenters. The van der Waals surface area contributed by atoms with Gasteiger partial charge in [0.25, 0.3) is 0 Å².